The number of aliphatic carboxylic acids is 1. The molecule has 0 aliphatic carbocycles. The summed E-state index contributed by atoms with van der Waals surface area (Å²) in [6.07, 6.45) is -0.472. The van der Waals surface area contributed by atoms with Crippen molar-refractivity contribution in [1.29, 1.82) is 0 Å². The lowest BCUT2D eigenvalue weighted by Gasteiger charge is -2.14. The summed E-state index contributed by atoms with van der Waals surface area (Å²) in [5.41, 5.74) is 0. The Balaban J connectivity index is 3.17. The first kappa shape index (κ1) is 16.4. The minimum absolute atomic E-state index is 0.398. The fourth-order valence-corrected chi connectivity index (χ4v) is 2.62. The smallest absolute Gasteiger partial charge is 0.321 e. The molecule has 0 saturated carbocycles. The summed E-state index contributed by atoms with van der Waals surface area (Å²) in [5, 5.41) is 17.3. The number of sulfonamides is 1. The molecule has 0 spiro atoms. The summed E-state index contributed by atoms with van der Waals surface area (Å²) in [4.78, 5) is 9.52. The molecule has 1 rings (SSSR count). The van der Waals surface area contributed by atoms with E-state index in [1.54, 1.807) is 4.72 Å². The molecule has 20 heavy (non-hydrogen) atoms. The summed E-state index contributed by atoms with van der Waals surface area (Å²) < 4.78 is 64.1. The molecule has 0 radical (unpaired) electrons. The van der Waals surface area contributed by atoms with Crippen molar-refractivity contribution in [2.45, 2.75) is 17.4 Å². The van der Waals surface area contributed by atoms with Gasteiger partial charge in [0.05, 0.1) is 0 Å². The van der Waals surface area contributed by atoms with Crippen molar-refractivity contribution in [2.24, 2.45) is 0 Å². The van der Waals surface area contributed by atoms with Crippen LogP contribution in [0.5, 0.6) is 0 Å². The number of carboxylic acid groups (broad SMARTS) is 1. The maximum atomic E-state index is 13.4. The quantitative estimate of drug-likeness (QED) is 0.652. The van der Waals surface area contributed by atoms with Crippen LogP contribution in [0.2, 0.25) is 0 Å². The SMILES string of the molecule is O=C(O)[C@@H](CCO)NS(=O)(=O)c1ccc(F)c(F)c1F. The third kappa shape index (κ3) is 3.46. The van der Waals surface area contributed by atoms with E-state index in [0.717, 1.165) is 0 Å². The summed E-state index contributed by atoms with van der Waals surface area (Å²) in [6, 6.07) is -0.861. The van der Waals surface area contributed by atoms with Crippen LogP contribution in [0, 0.1) is 17.5 Å². The van der Waals surface area contributed by atoms with Crippen LogP contribution in [0.1, 0.15) is 6.42 Å². The van der Waals surface area contributed by atoms with E-state index in [1.165, 1.54) is 0 Å². The highest BCUT2D eigenvalue weighted by molar-refractivity contribution is 7.89. The lowest BCUT2D eigenvalue weighted by Crippen LogP contribution is -2.41. The van der Waals surface area contributed by atoms with Crippen molar-refractivity contribution in [3.8, 4) is 0 Å². The maximum absolute atomic E-state index is 13.4. The highest BCUT2D eigenvalue weighted by Gasteiger charge is 2.29. The molecule has 0 aromatic heterocycles. The van der Waals surface area contributed by atoms with Gasteiger partial charge in [0.2, 0.25) is 10.0 Å². The van der Waals surface area contributed by atoms with Gasteiger partial charge < -0.3 is 10.2 Å². The molecule has 0 amide bonds. The fourth-order valence-electron chi connectivity index (χ4n) is 1.33. The maximum Gasteiger partial charge on any atom is 0.321 e. The zero-order valence-corrected chi connectivity index (χ0v) is 10.6. The van der Waals surface area contributed by atoms with Crippen molar-refractivity contribution in [3.05, 3.63) is 29.6 Å². The van der Waals surface area contributed by atoms with Crippen molar-refractivity contribution >= 4 is 16.0 Å². The summed E-state index contributed by atoms with van der Waals surface area (Å²) in [7, 11) is -4.72. The topological polar surface area (TPSA) is 104 Å². The van der Waals surface area contributed by atoms with E-state index in [4.69, 9.17) is 10.2 Å². The second-order valence-corrected chi connectivity index (χ2v) is 5.38. The Hall–Kier alpha value is -1.65. The number of aliphatic hydroxyl groups excluding tert-OH is 1. The van der Waals surface area contributed by atoms with Crippen LogP contribution in [0.25, 0.3) is 0 Å². The zero-order chi connectivity index (χ0) is 15.5. The van der Waals surface area contributed by atoms with E-state index in [-0.39, 0.29) is 0 Å². The Morgan fingerprint density at radius 3 is 2.35 bits per heavy atom. The van der Waals surface area contributed by atoms with Crippen molar-refractivity contribution < 1.29 is 36.6 Å². The van der Waals surface area contributed by atoms with E-state index >= 15 is 0 Å². The molecule has 0 saturated heterocycles. The number of halogens is 3. The summed E-state index contributed by atoms with van der Waals surface area (Å²) >= 11 is 0. The van der Waals surface area contributed by atoms with E-state index < -0.39 is 57.4 Å². The molecule has 112 valence electrons. The molecule has 10 heteroatoms. The molecule has 0 bridgehead atoms. The van der Waals surface area contributed by atoms with Crippen LogP contribution < -0.4 is 4.72 Å². The van der Waals surface area contributed by atoms with E-state index in [9.17, 15) is 26.4 Å². The van der Waals surface area contributed by atoms with Gasteiger partial charge in [-0.1, -0.05) is 0 Å². The molecule has 3 N–H and O–H groups in total. The second kappa shape index (κ2) is 6.20. The van der Waals surface area contributed by atoms with Crippen LogP contribution in [0.15, 0.2) is 17.0 Å². The molecule has 0 fully saturated rings. The first-order valence-electron chi connectivity index (χ1n) is 5.20. The minimum atomic E-state index is -4.72. The Morgan fingerprint density at radius 2 is 1.85 bits per heavy atom. The van der Waals surface area contributed by atoms with Crippen molar-refractivity contribution in [3.63, 3.8) is 0 Å². The molecule has 0 unspecified atom stereocenters. The molecule has 1 aromatic rings. The largest absolute Gasteiger partial charge is 0.480 e. The van der Waals surface area contributed by atoms with E-state index in [0.29, 0.717) is 12.1 Å². The summed E-state index contributed by atoms with van der Waals surface area (Å²) in [5.74, 6) is -7.12. The van der Waals surface area contributed by atoms with Gasteiger partial charge in [-0.15, -0.1) is 0 Å². The summed E-state index contributed by atoms with van der Waals surface area (Å²) in [6.45, 7) is -0.639. The van der Waals surface area contributed by atoms with Gasteiger partial charge in [-0.2, -0.15) is 4.72 Å². The fraction of sp³-hybridized carbons (Fsp3) is 0.300. The Morgan fingerprint density at radius 1 is 1.25 bits per heavy atom. The van der Waals surface area contributed by atoms with Gasteiger partial charge in [-0.05, 0) is 18.6 Å². The number of benzene rings is 1. The first-order chi connectivity index (χ1) is 9.20. The van der Waals surface area contributed by atoms with E-state index in [2.05, 4.69) is 0 Å². The highest BCUT2D eigenvalue weighted by Crippen LogP contribution is 2.20. The molecular formula is C10H10F3NO5S. The lowest BCUT2D eigenvalue weighted by atomic mass is 10.2. The first-order valence-corrected chi connectivity index (χ1v) is 6.68. The van der Waals surface area contributed by atoms with Crippen LogP contribution in [0.3, 0.4) is 0 Å². The molecule has 6 nitrogen and oxygen atoms in total. The van der Waals surface area contributed by atoms with Crippen LogP contribution in [-0.4, -0.2) is 37.2 Å². The van der Waals surface area contributed by atoms with Gasteiger partial charge in [0.25, 0.3) is 0 Å². The van der Waals surface area contributed by atoms with Gasteiger partial charge in [0.1, 0.15) is 10.9 Å². The van der Waals surface area contributed by atoms with Gasteiger partial charge in [-0.25, -0.2) is 21.6 Å². The molecule has 0 heterocycles. The van der Waals surface area contributed by atoms with Crippen LogP contribution >= 0.6 is 0 Å². The third-order valence-corrected chi connectivity index (χ3v) is 3.79. The number of carboxylic acids is 1. The average molecular weight is 313 g/mol. The highest BCUT2D eigenvalue weighted by atomic mass is 32.2. The molecule has 1 atom stereocenters. The normalized spacial score (nSPS) is 13.2. The second-order valence-electron chi connectivity index (χ2n) is 3.70. The number of nitrogens with one attached hydrogen (secondary N) is 1. The lowest BCUT2D eigenvalue weighted by molar-refractivity contribution is -0.139. The number of hydrogen-bond donors (Lipinski definition) is 3. The molecule has 0 aliphatic heterocycles. The van der Waals surface area contributed by atoms with Gasteiger partial charge in [-0.3, -0.25) is 4.79 Å². The number of aliphatic hydroxyl groups is 1. The Labute approximate surface area is 111 Å². The number of rotatable bonds is 6. The van der Waals surface area contributed by atoms with Crippen molar-refractivity contribution in [2.75, 3.05) is 6.61 Å². The predicted molar refractivity (Wildman–Crippen MR) is 59.8 cm³/mol. The van der Waals surface area contributed by atoms with Gasteiger partial charge in [0, 0.05) is 6.61 Å². The third-order valence-electron chi connectivity index (χ3n) is 2.30. The standard InChI is InChI=1S/C10H10F3NO5S/c11-5-1-2-7(9(13)8(5)12)20(18,19)14-6(3-4-15)10(16)17/h1-2,6,14-15H,3-4H2,(H,16,17)/t6-/m1/s1. The molecular weight excluding hydrogens is 303 g/mol. The van der Waals surface area contributed by atoms with Gasteiger partial charge in [0.15, 0.2) is 17.5 Å². The number of carbonyl (C=O) groups is 1. The molecule has 1 aromatic carbocycles. The van der Waals surface area contributed by atoms with Crippen molar-refractivity contribution in [1.82, 2.24) is 4.72 Å². The zero-order valence-electron chi connectivity index (χ0n) is 9.81. The van der Waals surface area contributed by atoms with Crippen LogP contribution in [-0.2, 0) is 14.8 Å². The van der Waals surface area contributed by atoms with Crippen LogP contribution in [0.4, 0.5) is 13.2 Å². The Bertz CT molecular complexity index is 620. The monoisotopic (exact) mass is 313 g/mol. The molecule has 0 aliphatic rings. The van der Waals surface area contributed by atoms with E-state index in [1.807, 2.05) is 0 Å². The van der Waals surface area contributed by atoms with Gasteiger partial charge >= 0.3 is 5.97 Å². The Kier molecular flexibility index (Phi) is 5.09. The number of hydrogen-bond acceptors (Lipinski definition) is 4. The average Bonchev–Trinajstić information content (AvgIpc) is 2.34. The predicted octanol–water partition coefficient (Wildman–Crippen LogP) is 0.218. The minimum Gasteiger partial charge on any atom is -0.480 e.